The van der Waals surface area contributed by atoms with Crippen LogP contribution >= 0.6 is 0 Å². The molecule has 0 unspecified atom stereocenters. The van der Waals surface area contributed by atoms with Crippen molar-refractivity contribution in [3.8, 4) is 5.75 Å². The van der Waals surface area contributed by atoms with E-state index < -0.39 is 10.0 Å². The van der Waals surface area contributed by atoms with Gasteiger partial charge in [0.05, 0.1) is 19.4 Å². The fourth-order valence-corrected chi connectivity index (χ4v) is 4.48. The third-order valence-corrected chi connectivity index (χ3v) is 6.31. The molecule has 30 heavy (non-hydrogen) atoms. The van der Waals surface area contributed by atoms with Gasteiger partial charge in [0.2, 0.25) is 10.0 Å². The van der Waals surface area contributed by atoms with Crippen molar-refractivity contribution >= 4 is 15.9 Å². The number of hydrogen-bond acceptors (Lipinski definition) is 8. The molecule has 1 aliphatic heterocycles. The zero-order valence-corrected chi connectivity index (χ0v) is 18.3. The van der Waals surface area contributed by atoms with Crippen molar-refractivity contribution in [1.82, 2.24) is 19.3 Å². The van der Waals surface area contributed by atoms with E-state index in [1.807, 2.05) is 6.92 Å². The molecule has 2 aromatic rings. The average Bonchev–Trinajstić information content (AvgIpc) is 3.09. The van der Waals surface area contributed by atoms with E-state index in [1.54, 1.807) is 30.2 Å². The molecule has 1 aromatic heterocycles. The molecule has 10 nitrogen and oxygen atoms in total. The van der Waals surface area contributed by atoms with Gasteiger partial charge in [-0.1, -0.05) is 5.16 Å². The molecule has 0 atom stereocenters. The van der Waals surface area contributed by atoms with Crippen LogP contribution in [0.4, 0.5) is 0 Å². The summed E-state index contributed by atoms with van der Waals surface area (Å²) in [5, 5.41) is 3.84. The van der Waals surface area contributed by atoms with Crippen LogP contribution in [0, 0.1) is 6.92 Å². The fraction of sp³-hybridized carbons (Fsp3) is 0.526. The standard InChI is InChI=1S/C19H26N4O6S/c1-13-9-15(28-3)5-6-16(13)19(24)22-10-14(11-22)23(30(4,25)26)8-7-17-20-18(12-27-2)29-21-17/h5-6,9,14H,7-8,10-12H2,1-4H3. The number of nitrogens with zero attached hydrogens (tertiary/aromatic N) is 4. The van der Waals surface area contributed by atoms with E-state index in [2.05, 4.69) is 10.1 Å². The van der Waals surface area contributed by atoms with E-state index in [9.17, 15) is 13.2 Å². The number of aryl methyl sites for hydroxylation is 1. The summed E-state index contributed by atoms with van der Waals surface area (Å²) in [6, 6.07) is 4.98. The highest BCUT2D eigenvalue weighted by molar-refractivity contribution is 7.88. The summed E-state index contributed by atoms with van der Waals surface area (Å²) in [6.07, 6.45) is 1.47. The first-order chi connectivity index (χ1) is 14.2. The van der Waals surface area contributed by atoms with E-state index in [0.717, 1.165) is 11.8 Å². The molecular formula is C19H26N4O6S. The van der Waals surface area contributed by atoms with Gasteiger partial charge in [-0.25, -0.2) is 8.42 Å². The Hall–Kier alpha value is -2.50. The Kier molecular flexibility index (Phi) is 6.74. The van der Waals surface area contributed by atoms with Gasteiger partial charge in [-0.15, -0.1) is 0 Å². The van der Waals surface area contributed by atoms with Gasteiger partial charge >= 0.3 is 0 Å². The number of hydrogen-bond donors (Lipinski definition) is 0. The Morgan fingerprint density at radius 3 is 2.67 bits per heavy atom. The van der Waals surface area contributed by atoms with E-state index in [-0.39, 0.29) is 25.1 Å². The number of methoxy groups -OCH3 is 2. The molecule has 0 saturated carbocycles. The van der Waals surface area contributed by atoms with Crippen LogP contribution in [0.5, 0.6) is 5.75 Å². The Morgan fingerprint density at radius 1 is 1.33 bits per heavy atom. The van der Waals surface area contributed by atoms with Gasteiger partial charge in [-0.2, -0.15) is 9.29 Å². The van der Waals surface area contributed by atoms with E-state index in [0.29, 0.717) is 42.5 Å². The minimum Gasteiger partial charge on any atom is -0.497 e. The number of carbonyl (C=O) groups is 1. The maximum absolute atomic E-state index is 12.8. The van der Waals surface area contributed by atoms with Crippen LogP contribution < -0.4 is 4.74 Å². The first kappa shape index (κ1) is 22.2. The van der Waals surface area contributed by atoms with Gasteiger partial charge in [0.25, 0.3) is 11.8 Å². The third-order valence-electron chi connectivity index (χ3n) is 4.98. The second kappa shape index (κ2) is 9.11. The predicted octanol–water partition coefficient (Wildman–Crippen LogP) is 0.862. The highest BCUT2D eigenvalue weighted by Crippen LogP contribution is 2.24. The molecule has 0 aliphatic carbocycles. The zero-order valence-electron chi connectivity index (χ0n) is 17.5. The molecule has 1 fully saturated rings. The van der Waals surface area contributed by atoms with Crippen LogP contribution in [0.3, 0.4) is 0 Å². The lowest BCUT2D eigenvalue weighted by molar-refractivity contribution is 0.0453. The van der Waals surface area contributed by atoms with Crippen LogP contribution in [0.2, 0.25) is 0 Å². The summed E-state index contributed by atoms with van der Waals surface area (Å²) < 4.78 is 41.1. The molecule has 0 N–H and O–H groups in total. The molecule has 11 heteroatoms. The van der Waals surface area contributed by atoms with E-state index in [1.165, 1.54) is 11.4 Å². The van der Waals surface area contributed by atoms with Crippen molar-refractivity contribution in [2.75, 3.05) is 40.1 Å². The van der Waals surface area contributed by atoms with Crippen molar-refractivity contribution in [1.29, 1.82) is 0 Å². The number of benzene rings is 1. The van der Waals surface area contributed by atoms with E-state index >= 15 is 0 Å². The summed E-state index contributed by atoms with van der Waals surface area (Å²) in [7, 11) is -0.369. The minimum atomic E-state index is -3.46. The Labute approximate surface area is 175 Å². The van der Waals surface area contributed by atoms with Crippen molar-refractivity contribution in [2.45, 2.75) is 26.0 Å². The lowest BCUT2D eigenvalue weighted by atomic mass is 10.0. The second-order valence-electron chi connectivity index (χ2n) is 7.21. The molecule has 0 bridgehead atoms. The molecule has 1 aliphatic rings. The quantitative estimate of drug-likeness (QED) is 0.566. The van der Waals surface area contributed by atoms with Crippen LogP contribution in [-0.4, -0.2) is 79.8 Å². The normalized spacial score (nSPS) is 14.8. The van der Waals surface area contributed by atoms with Crippen molar-refractivity contribution in [2.24, 2.45) is 0 Å². The summed E-state index contributed by atoms with van der Waals surface area (Å²) in [4.78, 5) is 18.6. The zero-order chi connectivity index (χ0) is 21.9. The number of likely N-dealkylation sites (tertiary alicyclic amines) is 1. The highest BCUT2D eigenvalue weighted by Gasteiger charge is 2.39. The Balaban J connectivity index is 1.61. The van der Waals surface area contributed by atoms with Gasteiger partial charge in [0, 0.05) is 38.7 Å². The summed E-state index contributed by atoms with van der Waals surface area (Å²) >= 11 is 0. The molecule has 0 spiro atoms. The minimum absolute atomic E-state index is 0.123. The monoisotopic (exact) mass is 438 g/mol. The Bertz CT molecular complexity index is 1000. The van der Waals surface area contributed by atoms with Gasteiger partial charge in [0.1, 0.15) is 12.4 Å². The molecule has 1 amide bonds. The van der Waals surface area contributed by atoms with Gasteiger partial charge in [-0.05, 0) is 30.7 Å². The van der Waals surface area contributed by atoms with Crippen molar-refractivity contribution in [3.05, 3.63) is 41.0 Å². The maximum atomic E-state index is 12.8. The lowest BCUT2D eigenvalue weighted by Crippen LogP contribution is -2.62. The number of rotatable bonds is 9. The molecule has 164 valence electrons. The van der Waals surface area contributed by atoms with Crippen LogP contribution in [0.1, 0.15) is 27.6 Å². The van der Waals surface area contributed by atoms with Crippen molar-refractivity contribution in [3.63, 3.8) is 0 Å². The first-order valence-electron chi connectivity index (χ1n) is 9.44. The maximum Gasteiger partial charge on any atom is 0.254 e. The van der Waals surface area contributed by atoms with Gasteiger partial charge in [0.15, 0.2) is 5.82 Å². The van der Waals surface area contributed by atoms with E-state index in [4.69, 9.17) is 14.0 Å². The number of sulfonamides is 1. The highest BCUT2D eigenvalue weighted by atomic mass is 32.2. The first-order valence-corrected chi connectivity index (χ1v) is 11.3. The summed E-state index contributed by atoms with van der Waals surface area (Å²) in [5.41, 5.74) is 1.39. The van der Waals surface area contributed by atoms with Gasteiger partial charge < -0.3 is 18.9 Å². The topological polar surface area (TPSA) is 115 Å². The summed E-state index contributed by atoms with van der Waals surface area (Å²) in [6.45, 7) is 2.92. The molecule has 1 aromatic carbocycles. The largest absolute Gasteiger partial charge is 0.497 e. The van der Waals surface area contributed by atoms with Crippen molar-refractivity contribution < 1.29 is 27.2 Å². The predicted molar refractivity (Wildman–Crippen MR) is 108 cm³/mol. The molecular weight excluding hydrogens is 412 g/mol. The molecule has 3 rings (SSSR count). The number of amides is 1. The van der Waals surface area contributed by atoms with Crippen LogP contribution in [0.15, 0.2) is 22.7 Å². The molecule has 0 radical (unpaired) electrons. The summed E-state index contributed by atoms with van der Waals surface area (Å²) in [5.74, 6) is 1.32. The lowest BCUT2D eigenvalue weighted by Gasteiger charge is -2.44. The second-order valence-corrected chi connectivity index (χ2v) is 9.14. The number of aromatic nitrogens is 2. The molecule has 1 saturated heterocycles. The molecule has 2 heterocycles. The van der Waals surface area contributed by atoms with Gasteiger partial charge in [-0.3, -0.25) is 4.79 Å². The fourth-order valence-electron chi connectivity index (χ4n) is 3.38. The SMILES string of the molecule is COCc1nc(CCN(C2CN(C(=O)c3ccc(OC)cc3C)C2)S(C)(=O)=O)no1. The van der Waals surface area contributed by atoms with Crippen LogP contribution in [0.25, 0.3) is 0 Å². The average molecular weight is 439 g/mol. The Morgan fingerprint density at radius 2 is 2.07 bits per heavy atom. The number of carbonyl (C=O) groups excluding carboxylic acids is 1. The smallest absolute Gasteiger partial charge is 0.254 e. The van der Waals surface area contributed by atoms with Crippen LogP contribution in [-0.2, 0) is 27.8 Å². The third kappa shape index (κ3) is 4.97. The number of ether oxygens (including phenoxy) is 2.